The normalized spacial score (nSPS) is 16.8. The number of nitrogens with one attached hydrogen (secondary N) is 1. The van der Waals surface area contributed by atoms with Crippen molar-refractivity contribution in [3.8, 4) is 0 Å². The standard InChI is InChI=1S/C9H9ClFNO/c10-8-2-1-6(3-9(8)11)12-7-4-13-5-7/h1-3,7,12H,4-5H2. The summed E-state index contributed by atoms with van der Waals surface area (Å²) >= 11 is 5.54. The molecule has 0 spiro atoms. The SMILES string of the molecule is Fc1cc(NC2COC2)ccc1Cl. The maximum Gasteiger partial charge on any atom is 0.143 e. The molecule has 13 heavy (non-hydrogen) atoms. The van der Waals surface area contributed by atoms with Gasteiger partial charge >= 0.3 is 0 Å². The maximum absolute atomic E-state index is 12.9. The fourth-order valence-electron chi connectivity index (χ4n) is 1.14. The van der Waals surface area contributed by atoms with Crippen molar-refractivity contribution in [1.29, 1.82) is 0 Å². The topological polar surface area (TPSA) is 21.3 Å². The minimum atomic E-state index is -0.396. The Kier molecular flexibility index (Phi) is 2.38. The molecular weight excluding hydrogens is 193 g/mol. The van der Waals surface area contributed by atoms with Gasteiger partial charge in [0.2, 0.25) is 0 Å². The fraction of sp³-hybridized carbons (Fsp3) is 0.333. The first-order valence-corrected chi connectivity index (χ1v) is 4.43. The van der Waals surface area contributed by atoms with Gasteiger partial charge in [0.1, 0.15) is 5.82 Å². The van der Waals surface area contributed by atoms with Crippen LogP contribution in [0.15, 0.2) is 18.2 Å². The molecular formula is C9H9ClFNO. The summed E-state index contributed by atoms with van der Waals surface area (Å²) in [6.07, 6.45) is 0. The molecule has 1 aliphatic rings. The minimum Gasteiger partial charge on any atom is -0.378 e. The van der Waals surface area contributed by atoms with E-state index in [9.17, 15) is 4.39 Å². The van der Waals surface area contributed by atoms with Crippen LogP contribution in [-0.2, 0) is 4.74 Å². The molecule has 4 heteroatoms. The number of hydrogen-bond acceptors (Lipinski definition) is 2. The van der Waals surface area contributed by atoms with Gasteiger partial charge in [-0.1, -0.05) is 11.6 Å². The summed E-state index contributed by atoms with van der Waals surface area (Å²) in [5.74, 6) is -0.396. The molecule has 1 aliphatic heterocycles. The monoisotopic (exact) mass is 201 g/mol. The summed E-state index contributed by atoms with van der Waals surface area (Å²) in [7, 11) is 0. The van der Waals surface area contributed by atoms with Gasteiger partial charge in [-0.05, 0) is 18.2 Å². The number of benzene rings is 1. The first-order valence-electron chi connectivity index (χ1n) is 4.05. The third-order valence-electron chi connectivity index (χ3n) is 1.93. The van der Waals surface area contributed by atoms with E-state index in [1.54, 1.807) is 12.1 Å². The molecule has 0 aliphatic carbocycles. The van der Waals surface area contributed by atoms with Crippen LogP contribution >= 0.6 is 11.6 Å². The molecule has 0 aromatic heterocycles. The molecule has 0 saturated carbocycles. The highest BCUT2D eigenvalue weighted by Gasteiger charge is 2.17. The zero-order valence-corrected chi connectivity index (χ0v) is 7.64. The van der Waals surface area contributed by atoms with Gasteiger partial charge in [0, 0.05) is 5.69 Å². The van der Waals surface area contributed by atoms with Gasteiger partial charge in [0.05, 0.1) is 24.3 Å². The molecule has 2 rings (SSSR count). The molecule has 1 heterocycles. The van der Waals surface area contributed by atoms with Crippen LogP contribution in [0.1, 0.15) is 0 Å². The van der Waals surface area contributed by atoms with Gasteiger partial charge in [-0.2, -0.15) is 0 Å². The molecule has 2 nitrogen and oxygen atoms in total. The van der Waals surface area contributed by atoms with Gasteiger partial charge in [-0.15, -0.1) is 0 Å². The lowest BCUT2D eigenvalue weighted by Crippen LogP contribution is -2.40. The zero-order chi connectivity index (χ0) is 9.26. The van der Waals surface area contributed by atoms with Crippen molar-refractivity contribution in [2.45, 2.75) is 6.04 Å². The molecule has 1 N–H and O–H groups in total. The Morgan fingerprint density at radius 2 is 2.23 bits per heavy atom. The lowest BCUT2D eigenvalue weighted by Gasteiger charge is -2.27. The minimum absolute atomic E-state index is 0.149. The van der Waals surface area contributed by atoms with E-state index in [2.05, 4.69) is 5.32 Å². The highest BCUT2D eigenvalue weighted by atomic mass is 35.5. The van der Waals surface area contributed by atoms with E-state index >= 15 is 0 Å². The van der Waals surface area contributed by atoms with Crippen LogP contribution in [0.5, 0.6) is 0 Å². The second kappa shape index (κ2) is 3.52. The van der Waals surface area contributed by atoms with Crippen molar-refractivity contribution in [2.75, 3.05) is 18.5 Å². The van der Waals surface area contributed by atoms with Crippen LogP contribution in [-0.4, -0.2) is 19.3 Å². The summed E-state index contributed by atoms with van der Waals surface area (Å²) in [4.78, 5) is 0. The van der Waals surface area contributed by atoms with E-state index in [4.69, 9.17) is 16.3 Å². The molecule has 0 bridgehead atoms. The smallest absolute Gasteiger partial charge is 0.143 e. The maximum atomic E-state index is 12.9. The average Bonchev–Trinajstić information content (AvgIpc) is 2.04. The number of rotatable bonds is 2. The van der Waals surface area contributed by atoms with Crippen LogP contribution in [0.2, 0.25) is 5.02 Å². The first kappa shape index (κ1) is 8.78. The zero-order valence-electron chi connectivity index (χ0n) is 6.89. The van der Waals surface area contributed by atoms with Crippen molar-refractivity contribution in [1.82, 2.24) is 0 Å². The van der Waals surface area contributed by atoms with Crippen LogP contribution in [0.4, 0.5) is 10.1 Å². The Morgan fingerprint density at radius 3 is 2.77 bits per heavy atom. The number of anilines is 1. The molecule has 0 atom stereocenters. The Morgan fingerprint density at radius 1 is 1.46 bits per heavy atom. The largest absolute Gasteiger partial charge is 0.378 e. The van der Waals surface area contributed by atoms with Gasteiger partial charge in [0.15, 0.2) is 0 Å². The second-order valence-electron chi connectivity index (χ2n) is 3.01. The highest BCUT2D eigenvalue weighted by molar-refractivity contribution is 6.30. The molecule has 70 valence electrons. The first-order chi connectivity index (χ1) is 6.25. The van der Waals surface area contributed by atoms with Crippen LogP contribution in [0, 0.1) is 5.82 Å². The number of hydrogen-bond donors (Lipinski definition) is 1. The van der Waals surface area contributed by atoms with E-state index in [1.165, 1.54) is 6.07 Å². The Bertz CT molecular complexity index is 314. The van der Waals surface area contributed by atoms with Crippen LogP contribution in [0.3, 0.4) is 0 Å². The van der Waals surface area contributed by atoms with E-state index < -0.39 is 5.82 Å². The summed E-state index contributed by atoms with van der Waals surface area (Å²) in [5, 5.41) is 3.27. The van der Waals surface area contributed by atoms with Gasteiger partial charge in [-0.25, -0.2) is 4.39 Å². The van der Waals surface area contributed by atoms with Crippen molar-refractivity contribution in [3.05, 3.63) is 29.0 Å². The Labute approximate surface area is 80.7 Å². The predicted octanol–water partition coefficient (Wildman–Crippen LogP) is 2.29. The van der Waals surface area contributed by atoms with E-state index in [-0.39, 0.29) is 5.02 Å². The summed E-state index contributed by atoms with van der Waals surface area (Å²) in [5.41, 5.74) is 0.746. The van der Waals surface area contributed by atoms with Crippen molar-refractivity contribution in [2.24, 2.45) is 0 Å². The van der Waals surface area contributed by atoms with Gasteiger partial charge < -0.3 is 10.1 Å². The fourth-order valence-corrected chi connectivity index (χ4v) is 1.26. The van der Waals surface area contributed by atoms with Crippen LogP contribution in [0.25, 0.3) is 0 Å². The molecule has 1 saturated heterocycles. The van der Waals surface area contributed by atoms with E-state index in [0.29, 0.717) is 19.3 Å². The van der Waals surface area contributed by atoms with Crippen molar-refractivity contribution in [3.63, 3.8) is 0 Å². The third kappa shape index (κ3) is 1.92. The summed E-state index contributed by atoms with van der Waals surface area (Å²) in [6, 6.07) is 4.99. The summed E-state index contributed by atoms with van der Waals surface area (Å²) in [6.45, 7) is 1.37. The molecule has 0 unspecified atom stereocenters. The van der Waals surface area contributed by atoms with Crippen molar-refractivity contribution < 1.29 is 9.13 Å². The summed E-state index contributed by atoms with van der Waals surface area (Å²) < 4.78 is 17.9. The van der Waals surface area contributed by atoms with Gasteiger partial charge in [-0.3, -0.25) is 0 Å². The lowest BCUT2D eigenvalue weighted by molar-refractivity contribution is 0.0211. The number of halogens is 2. The van der Waals surface area contributed by atoms with Crippen LogP contribution < -0.4 is 5.32 Å². The third-order valence-corrected chi connectivity index (χ3v) is 2.23. The number of ether oxygens (including phenoxy) is 1. The van der Waals surface area contributed by atoms with E-state index in [0.717, 1.165) is 5.69 Å². The highest BCUT2D eigenvalue weighted by Crippen LogP contribution is 2.20. The lowest BCUT2D eigenvalue weighted by atomic mass is 10.2. The quantitative estimate of drug-likeness (QED) is 0.793. The van der Waals surface area contributed by atoms with Crippen molar-refractivity contribution >= 4 is 17.3 Å². The molecule has 1 fully saturated rings. The second-order valence-corrected chi connectivity index (χ2v) is 3.41. The van der Waals surface area contributed by atoms with Gasteiger partial charge in [0.25, 0.3) is 0 Å². The molecule has 0 amide bonds. The predicted molar refractivity (Wildman–Crippen MR) is 49.6 cm³/mol. The average molecular weight is 202 g/mol. The molecule has 1 aromatic rings. The Hall–Kier alpha value is -0.800. The van der Waals surface area contributed by atoms with E-state index in [1.807, 2.05) is 0 Å². The molecule has 0 radical (unpaired) electrons. The Balaban J connectivity index is 2.07. The molecule has 1 aromatic carbocycles.